The molecule has 0 atom stereocenters. The van der Waals surface area contributed by atoms with E-state index in [0.29, 0.717) is 28.1 Å². The molecule has 6 nitrogen and oxygen atoms in total. The van der Waals surface area contributed by atoms with Gasteiger partial charge in [-0.1, -0.05) is 29.1 Å². The molecular weight excluding hydrogens is 298 g/mol. The number of hydrogen-bond donors (Lipinski definition) is 1. The van der Waals surface area contributed by atoms with Crippen molar-refractivity contribution in [3.05, 3.63) is 30.2 Å². The Kier molecular flexibility index (Phi) is 4.98. The highest BCUT2D eigenvalue weighted by molar-refractivity contribution is 8.13. The first-order chi connectivity index (χ1) is 9.78. The first-order valence-corrected chi connectivity index (χ1v) is 7.30. The topological polar surface area (TPSA) is 87.1 Å². The molecule has 0 fully saturated rings. The first kappa shape index (κ1) is 14.4. The Hall–Kier alpha value is -2.04. The lowest BCUT2D eigenvalue weighted by atomic mass is 10.2. The lowest BCUT2D eigenvalue weighted by molar-refractivity contribution is 0.391. The van der Waals surface area contributed by atoms with E-state index in [-0.39, 0.29) is 5.88 Å². The lowest BCUT2D eigenvalue weighted by Crippen LogP contribution is -2.12. The average molecular weight is 308 g/mol. The van der Waals surface area contributed by atoms with Gasteiger partial charge in [-0.25, -0.2) is 4.99 Å². The number of nitrogens with zero attached hydrogens (tertiary/aromatic N) is 4. The van der Waals surface area contributed by atoms with E-state index in [9.17, 15) is 0 Å². The van der Waals surface area contributed by atoms with Crippen molar-refractivity contribution in [3.8, 4) is 17.6 Å². The Bertz CT molecular complexity index is 664. The number of aliphatic imine (C=N–C) groups is 1. The van der Waals surface area contributed by atoms with Gasteiger partial charge in [0.2, 0.25) is 11.7 Å². The molecule has 0 bridgehead atoms. The summed E-state index contributed by atoms with van der Waals surface area (Å²) >= 11 is 6.98. The summed E-state index contributed by atoms with van der Waals surface area (Å²) in [6, 6.07) is 7.32. The van der Waals surface area contributed by atoms with Crippen LogP contribution in [-0.2, 0) is 5.88 Å². The van der Waals surface area contributed by atoms with E-state index in [1.165, 1.54) is 11.8 Å². The number of halogens is 1. The van der Waals surface area contributed by atoms with Gasteiger partial charge in [-0.05, 0) is 18.4 Å². The van der Waals surface area contributed by atoms with Gasteiger partial charge in [0.05, 0.1) is 5.69 Å². The molecule has 1 aromatic heterocycles. The normalized spacial score (nSPS) is 11.2. The summed E-state index contributed by atoms with van der Waals surface area (Å²) in [6.07, 6.45) is 3.67. The third-order valence-corrected chi connectivity index (χ3v) is 3.11. The van der Waals surface area contributed by atoms with Crippen LogP contribution in [0.25, 0.3) is 11.4 Å². The van der Waals surface area contributed by atoms with Crippen molar-refractivity contribution in [1.29, 1.82) is 5.26 Å². The maximum atomic E-state index is 8.66. The summed E-state index contributed by atoms with van der Waals surface area (Å²) in [5, 5.41) is 15.5. The zero-order chi connectivity index (χ0) is 14.4. The van der Waals surface area contributed by atoms with E-state index in [4.69, 9.17) is 21.4 Å². The largest absolute Gasteiger partial charge is 0.338 e. The number of benzene rings is 1. The third kappa shape index (κ3) is 3.29. The molecule has 0 saturated carbocycles. The number of nitriles is 1. The fourth-order valence-electron chi connectivity index (χ4n) is 1.46. The van der Waals surface area contributed by atoms with Gasteiger partial charge in [-0.2, -0.15) is 10.2 Å². The molecule has 20 heavy (non-hydrogen) atoms. The Balaban J connectivity index is 2.43. The maximum absolute atomic E-state index is 8.66. The van der Waals surface area contributed by atoms with Gasteiger partial charge >= 0.3 is 0 Å². The predicted molar refractivity (Wildman–Crippen MR) is 78.6 cm³/mol. The number of thioether (sulfide) groups is 1. The summed E-state index contributed by atoms with van der Waals surface area (Å²) in [6.45, 7) is 0. The number of rotatable bonds is 3. The van der Waals surface area contributed by atoms with Crippen LogP contribution in [0.2, 0.25) is 0 Å². The summed E-state index contributed by atoms with van der Waals surface area (Å²) in [5.41, 5.74) is 1.35. The SMILES string of the molecule is CSC(=Nc1ccccc1-c1noc(CCl)n1)NC#N. The van der Waals surface area contributed by atoms with E-state index in [1.54, 1.807) is 6.07 Å². The average Bonchev–Trinajstić information content (AvgIpc) is 2.96. The van der Waals surface area contributed by atoms with Gasteiger partial charge in [-0.3, -0.25) is 5.32 Å². The van der Waals surface area contributed by atoms with E-state index in [0.717, 1.165) is 0 Å². The van der Waals surface area contributed by atoms with Crippen LogP contribution in [0.5, 0.6) is 0 Å². The van der Waals surface area contributed by atoms with Gasteiger partial charge in [0, 0.05) is 5.56 Å². The zero-order valence-electron chi connectivity index (χ0n) is 10.5. The molecule has 0 radical (unpaired) electrons. The van der Waals surface area contributed by atoms with E-state index < -0.39 is 0 Å². The number of nitrogens with one attached hydrogen (secondary N) is 1. The molecule has 2 rings (SSSR count). The second-order valence-electron chi connectivity index (χ2n) is 3.52. The number of para-hydroxylation sites is 1. The molecule has 8 heteroatoms. The monoisotopic (exact) mass is 307 g/mol. The smallest absolute Gasteiger partial charge is 0.241 e. The molecule has 1 heterocycles. The number of aromatic nitrogens is 2. The molecule has 0 amide bonds. The number of amidine groups is 1. The van der Waals surface area contributed by atoms with Crippen LogP contribution >= 0.6 is 23.4 Å². The van der Waals surface area contributed by atoms with Crippen molar-refractivity contribution in [3.63, 3.8) is 0 Å². The standard InChI is InChI=1S/C12H10ClN5OS/c1-20-12(15-7-14)16-9-5-3-2-4-8(9)11-17-10(6-13)19-18-11/h2-5H,6H2,1H3,(H,15,16). The molecule has 0 aliphatic rings. The van der Waals surface area contributed by atoms with Crippen LogP contribution in [0.4, 0.5) is 5.69 Å². The quantitative estimate of drug-likeness (QED) is 0.308. The third-order valence-electron chi connectivity index (χ3n) is 2.31. The van der Waals surface area contributed by atoms with Crippen LogP contribution in [0, 0.1) is 11.5 Å². The van der Waals surface area contributed by atoms with Gasteiger partial charge in [0.1, 0.15) is 5.88 Å². The van der Waals surface area contributed by atoms with Crippen LogP contribution in [-0.4, -0.2) is 21.6 Å². The van der Waals surface area contributed by atoms with Crippen molar-refractivity contribution in [2.24, 2.45) is 4.99 Å². The Morgan fingerprint density at radius 1 is 1.55 bits per heavy atom. The van der Waals surface area contributed by atoms with Crippen molar-refractivity contribution < 1.29 is 4.52 Å². The van der Waals surface area contributed by atoms with Crippen molar-refractivity contribution in [2.45, 2.75) is 5.88 Å². The second-order valence-corrected chi connectivity index (χ2v) is 4.58. The highest BCUT2D eigenvalue weighted by Crippen LogP contribution is 2.28. The highest BCUT2D eigenvalue weighted by Gasteiger charge is 2.12. The zero-order valence-corrected chi connectivity index (χ0v) is 12.1. The van der Waals surface area contributed by atoms with Crippen LogP contribution < -0.4 is 5.32 Å². The number of alkyl halides is 1. The summed E-state index contributed by atoms with van der Waals surface area (Å²) in [4.78, 5) is 8.54. The minimum atomic E-state index is 0.157. The molecule has 0 unspecified atom stereocenters. The Labute approximate surface area is 124 Å². The van der Waals surface area contributed by atoms with Gasteiger partial charge in [-0.15, -0.1) is 11.6 Å². The number of hydrogen-bond acceptors (Lipinski definition) is 6. The minimum Gasteiger partial charge on any atom is -0.338 e. The van der Waals surface area contributed by atoms with E-state index >= 15 is 0 Å². The van der Waals surface area contributed by atoms with Crippen LogP contribution in [0.1, 0.15) is 5.89 Å². The van der Waals surface area contributed by atoms with Crippen molar-refractivity contribution in [1.82, 2.24) is 15.5 Å². The molecule has 102 valence electrons. The second kappa shape index (κ2) is 6.93. The molecule has 0 saturated heterocycles. The molecule has 0 aliphatic carbocycles. The summed E-state index contributed by atoms with van der Waals surface area (Å²) < 4.78 is 4.99. The fourth-order valence-corrected chi connectivity index (χ4v) is 1.91. The molecule has 0 aliphatic heterocycles. The molecule has 2 aromatic rings. The predicted octanol–water partition coefficient (Wildman–Crippen LogP) is 2.90. The Morgan fingerprint density at radius 2 is 2.35 bits per heavy atom. The van der Waals surface area contributed by atoms with Gasteiger partial charge < -0.3 is 4.52 Å². The maximum Gasteiger partial charge on any atom is 0.241 e. The molecule has 1 aromatic carbocycles. The summed E-state index contributed by atoms with van der Waals surface area (Å²) in [5.74, 6) is 0.919. The Morgan fingerprint density at radius 3 is 3.00 bits per heavy atom. The van der Waals surface area contributed by atoms with Crippen LogP contribution in [0.15, 0.2) is 33.8 Å². The lowest BCUT2D eigenvalue weighted by Gasteiger charge is -2.03. The van der Waals surface area contributed by atoms with Gasteiger partial charge in [0.15, 0.2) is 11.4 Å². The minimum absolute atomic E-state index is 0.157. The van der Waals surface area contributed by atoms with E-state index in [2.05, 4.69) is 20.4 Å². The first-order valence-electron chi connectivity index (χ1n) is 5.54. The molecule has 0 spiro atoms. The van der Waals surface area contributed by atoms with Crippen molar-refractivity contribution >= 4 is 34.2 Å². The summed E-state index contributed by atoms with van der Waals surface area (Å²) in [7, 11) is 0. The van der Waals surface area contributed by atoms with E-state index in [1.807, 2.05) is 30.6 Å². The van der Waals surface area contributed by atoms with Crippen molar-refractivity contribution in [2.75, 3.05) is 6.26 Å². The highest BCUT2D eigenvalue weighted by atomic mass is 35.5. The fraction of sp³-hybridized carbons (Fsp3) is 0.167. The molecule has 1 N–H and O–H groups in total. The van der Waals surface area contributed by atoms with Gasteiger partial charge in [0.25, 0.3) is 0 Å². The molecular formula is C12H10ClN5OS. The van der Waals surface area contributed by atoms with Crippen LogP contribution in [0.3, 0.4) is 0 Å².